The van der Waals surface area contributed by atoms with Crippen LogP contribution in [0.2, 0.25) is 0 Å². The molecule has 0 aliphatic carbocycles. The second-order valence-corrected chi connectivity index (χ2v) is 6.54. The summed E-state index contributed by atoms with van der Waals surface area (Å²) in [5.41, 5.74) is 1.82. The fraction of sp³-hybridized carbons (Fsp3) is 0.294. The Morgan fingerprint density at radius 2 is 1.36 bits per heavy atom. The fourth-order valence-electron chi connectivity index (χ4n) is 1.93. The maximum absolute atomic E-state index is 11.8. The van der Waals surface area contributed by atoms with Gasteiger partial charge in [0, 0.05) is 6.61 Å². The highest BCUT2D eigenvalue weighted by Gasteiger charge is 2.11. The number of hydrogen-bond acceptors (Lipinski definition) is 4. The lowest BCUT2D eigenvalue weighted by Crippen LogP contribution is -2.11. The van der Waals surface area contributed by atoms with E-state index in [-0.39, 0.29) is 12.4 Å². The topological polar surface area (TPSA) is 52.6 Å². The zero-order valence-corrected chi connectivity index (χ0v) is 13.2. The molecule has 0 aromatic heterocycles. The zero-order valence-electron chi connectivity index (χ0n) is 12.4. The number of ether oxygens (including phenoxy) is 1. The summed E-state index contributed by atoms with van der Waals surface area (Å²) in [5.74, 6) is -0.0985. The van der Waals surface area contributed by atoms with Crippen molar-refractivity contribution in [3.63, 3.8) is 0 Å². The maximum atomic E-state index is 11.8. The minimum atomic E-state index is -3.53. The van der Waals surface area contributed by atoms with E-state index in [4.69, 9.17) is 8.92 Å². The summed E-state index contributed by atoms with van der Waals surface area (Å²) in [4.78, 5) is 0. The predicted octanol–water partition coefficient (Wildman–Crippen LogP) is 3.14. The van der Waals surface area contributed by atoms with Crippen molar-refractivity contribution < 1.29 is 17.3 Å². The molecule has 2 aromatic carbocycles. The first-order valence-corrected chi connectivity index (χ1v) is 8.76. The van der Waals surface area contributed by atoms with Gasteiger partial charge in [0.2, 0.25) is 0 Å². The van der Waals surface area contributed by atoms with Crippen LogP contribution in [-0.2, 0) is 31.4 Å². The Kier molecular flexibility index (Phi) is 6.58. The van der Waals surface area contributed by atoms with Crippen molar-refractivity contribution in [2.24, 2.45) is 0 Å². The Hall–Kier alpha value is -1.69. The van der Waals surface area contributed by atoms with E-state index in [1.165, 1.54) is 0 Å². The van der Waals surface area contributed by atoms with E-state index in [0.717, 1.165) is 11.1 Å². The Labute approximate surface area is 131 Å². The summed E-state index contributed by atoms with van der Waals surface area (Å²) in [7, 11) is -3.53. The number of hydrogen-bond donors (Lipinski definition) is 0. The van der Waals surface area contributed by atoms with E-state index in [9.17, 15) is 8.42 Å². The van der Waals surface area contributed by atoms with Gasteiger partial charge in [-0.05, 0) is 17.5 Å². The van der Waals surface area contributed by atoms with E-state index in [2.05, 4.69) is 0 Å². The molecule has 2 rings (SSSR count). The molecule has 0 N–H and O–H groups in total. The normalized spacial score (nSPS) is 11.5. The SMILES string of the molecule is O=S(=O)(Cc1ccccc1)OCCCOCc1ccccc1. The molecule has 0 saturated carbocycles. The van der Waals surface area contributed by atoms with Gasteiger partial charge >= 0.3 is 0 Å². The molecular formula is C17H20O4S. The summed E-state index contributed by atoms with van der Waals surface area (Å²) in [6, 6.07) is 18.8. The zero-order chi connectivity index (χ0) is 15.7. The summed E-state index contributed by atoms with van der Waals surface area (Å²) in [6.07, 6.45) is 0.543. The van der Waals surface area contributed by atoms with Crippen LogP contribution in [-0.4, -0.2) is 21.6 Å². The van der Waals surface area contributed by atoms with Gasteiger partial charge in [-0.1, -0.05) is 60.7 Å². The summed E-state index contributed by atoms with van der Waals surface area (Å²) in [6.45, 7) is 1.14. The molecule has 5 heteroatoms. The van der Waals surface area contributed by atoms with Crippen molar-refractivity contribution in [1.29, 1.82) is 0 Å². The van der Waals surface area contributed by atoms with Crippen molar-refractivity contribution >= 4 is 10.1 Å². The van der Waals surface area contributed by atoms with Gasteiger partial charge in [0.25, 0.3) is 10.1 Å². The molecule has 2 aromatic rings. The van der Waals surface area contributed by atoms with E-state index in [1.807, 2.05) is 48.5 Å². The van der Waals surface area contributed by atoms with Gasteiger partial charge in [-0.2, -0.15) is 8.42 Å². The Balaban J connectivity index is 1.61. The molecule has 0 fully saturated rings. The van der Waals surface area contributed by atoms with Crippen LogP contribution in [0.1, 0.15) is 17.5 Å². The highest BCUT2D eigenvalue weighted by Crippen LogP contribution is 2.08. The molecule has 0 heterocycles. The van der Waals surface area contributed by atoms with Crippen LogP contribution >= 0.6 is 0 Å². The van der Waals surface area contributed by atoms with Gasteiger partial charge in [0.05, 0.1) is 13.2 Å². The van der Waals surface area contributed by atoms with Crippen LogP contribution in [0.3, 0.4) is 0 Å². The van der Waals surface area contributed by atoms with Gasteiger partial charge in [-0.15, -0.1) is 0 Å². The average Bonchev–Trinajstić information content (AvgIpc) is 2.52. The maximum Gasteiger partial charge on any atom is 0.271 e. The third-order valence-electron chi connectivity index (χ3n) is 2.99. The molecule has 0 saturated heterocycles. The second-order valence-electron chi connectivity index (χ2n) is 4.90. The second kappa shape index (κ2) is 8.68. The highest BCUT2D eigenvalue weighted by molar-refractivity contribution is 7.85. The van der Waals surface area contributed by atoms with E-state index >= 15 is 0 Å². The lowest BCUT2D eigenvalue weighted by atomic mass is 10.2. The van der Waals surface area contributed by atoms with Crippen LogP contribution in [0.4, 0.5) is 0 Å². The molecule has 0 spiro atoms. The molecule has 0 atom stereocenters. The predicted molar refractivity (Wildman–Crippen MR) is 85.7 cm³/mol. The molecule has 118 valence electrons. The first-order valence-electron chi connectivity index (χ1n) is 7.18. The molecule has 0 radical (unpaired) electrons. The third-order valence-corrected chi connectivity index (χ3v) is 4.21. The monoisotopic (exact) mass is 320 g/mol. The van der Waals surface area contributed by atoms with Gasteiger partial charge in [-0.25, -0.2) is 0 Å². The average molecular weight is 320 g/mol. The van der Waals surface area contributed by atoms with Gasteiger partial charge < -0.3 is 4.74 Å². The number of benzene rings is 2. The minimum Gasteiger partial charge on any atom is -0.377 e. The lowest BCUT2D eigenvalue weighted by molar-refractivity contribution is 0.108. The van der Waals surface area contributed by atoms with Crippen molar-refractivity contribution in [3.05, 3.63) is 71.8 Å². The molecule has 0 aliphatic rings. The number of rotatable bonds is 9. The van der Waals surface area contributed by atoms with Crippen molar-refractivity contribution in [2.45, 2.75) is 18.8 Å². The van der Waals surface area contributed by atoms with Crippen molar-refractivity contribution in [1.82, 2.24) is 0 Å². The molecular weight excluding hydrogens is 300 g/mol. The first-order chi connectivity index (χ1) is 10.7. The van der Waals surface area contributed by atoms with Gasteiger partial charge in [0.1, 0.15) is 5.75 Å². The first kappa shape index (κ1) is 16.7. The van der Waals surface area contributed by atoms with E-state index in [0.29, 0.717) is 19.6 Å². The quantitative estimate of drug-likeness (QED) is 0.526. The van der Waals surface area contributed by atoms with Crippen LogP contribution in [0.15, 0.2) is 60.7 Å². The summed E-state index contributed by atoms with van der Waals surface area (Å²) < 4.78 is 34.0. The summed E-state index contributed by atoms with van der Waals surface area (Å²) >= 11 is 0. The fourth-order valence-corrected chi connectivity index (χ4v) is 2.99. The van der Waals surface area contributed by atoms with Crippen molar-refractivity contribution in [2.75, 3.05) is 13.2 Å². The van der Waals surface area contributed by atoms with E-state index in [1.54, 1.807) is 12.1 Å². The van der Waals surface area contributed by atoms with Crippen LogP contribution in [0, 0.1) is 0 Å². The minimum absolute atomic E-state index is 0.0985. The largest absolute Gasteiger partial charge is 0.377 e. The third kappa shape index (κ3) is 6.39. The summed E-state index contributed by atoms with van der Waals surface area (Å²) in [5, 5.41) is 0. The molecule has 0 amide bonds. The van der Waals surface area contributed by atoms with E-state index < -0.39 is 10.1 Å². The van der Waals surface area contributed by atoms with Crippen molar-refractivity contribution in [3.8, 4) is 0 Å². The molecule has 0 bridgehead atoms. The lowest BCUT2D eigenvalue weighted by Gasteiger charge is -2.07. The van der Waals surface area contributed by atoms with Crippen LogP contribution in [0.5, 0.6) is 0 Å². The Morgan fingerprint density at radius 1 is 0.773 bits per heavy atom. The smallest absolute Gasteiger partial charge is 0.271 e. The van der Waals surface area contributed by atoms with Gasteiger partial charge in [0.15, 0.2) is 0 Å². The molecule has 0 unspecified atom stereocenters. The van der Waals surface area contributed by atoms with Gasteiger partial charge in [-0.3, -0.25) is 4.18 Å². The van der Waals surface area contributed by atoms with Crippen LogP contribution in [0.25, 0.3) is 0 Å². The Bertz CT molecular complexity index is 639. The molecule has 0 aliphatic heterocycles. The Morgan fingerprint density at radius 3 is 2.00 bits per heavy atom. The molecule has 4 nitrogen and oxygen atoms in total. The highest BCUT2D eigenvalue weighted by atomic mass is 32.2. The standard InChI is InChI=1S/C17H20O4S/c18-22(19,15-17-10-5-2-6-11-17)21-13-7-12-20-14-16-8-3-1-4-9-16/h1-6,8-11H,7,12-15H2. The molecule has 22 heavy (non-hydrogen) atoms. The van der Waals surface area contributed by atoms with Crippen LogP contribution < -0.4 is 0 Å².